The number of rotatable bonds is 4. The van der Waals surface area contributed by atoms with Crippen LogP contribution in [-0.2, 0) is 9.53 Å². The molecule has 0 atom stereocenters. The smallest absolute Gasteiger partial charge is 0.342 e. The summed E-state index contributed by atoms with van der Waals surface area (Å²) in [5, 5.41) is 11.5. The van der Waals surface area contributed by atoms with Gasteiger partial charge in [0.25, 0.3) is 5.91 Å². The molecule has 0 radical (unpaired) electrons. The molecule has 8 heteroatoms. The van der Waals surface area contributed by atoms with Crippen LogP contribution in [0.15, 0.2) is 59.2 Å². The summed E-state index contributed by atoms with van der Waals surface area (Å²) in [6.07, 6.45) is 1.31. The first-order valence-electron chi connectivity index (χ1n) is 7.57. The molecular weight excluding hydrogens is 340 g/mol. The molecule has 0 saturated heterocycles. The van der Waals surface area contributed by atoms with Crippen LogP contribution in [0.1, 0.15) is 20.9 Å². The lowest BCUT2D eigenvalue weighted by molar-refractivity contribution is -0.125. The first-order chi connectivity index (χ1) is 12.6. The molecule has 3 aromatic rings. The number of ether oxygens (including phenoxy) is 1. The van der Waals surface area contributed by atoms with Crippen LogP contribution in [0.5, 0.6) is 5.75 Å². The van der Waals surface area contributed by atoms with Crippen molar-refractivity contribution >= 4 is 28.6 Å². The highest BCUT2D eigenvalue weighted by Gasteiger charge is 2.17. The van der Waals surface area contributed by atoms with Crippen molar-refractivity contribution in [3.05, 3.63) is 66.1 Å². The van der Waals surface area contributed by atoms with Gasteiger partial charge in [0.05, 0.1) is 6.26 Å². The van der Waals surface area contributed by atoms with Crippen LogP contribution in [0.4, 0.5) is 0 Å². The van der Waals surface area contributed by atoms with E-state index in [9.17, 15) is 19.5 Å². The van der Waals surface area contributed by atoms with E-state index >= 15 is 0 Å². The summed E-state index contributed by atoms with van der Waals surface area (Å²) in [6.45, 7) is -0.635. The minimum absolute atomic E-state index is 0.0170. The molecule has 0 aliphatic heterocycles. The van der Waals surface area contributed by atoms with E-state index < -0.39 is 24.4 Å². The fourth-order valence-corrected chi connectivity index (χ4v) is 2.26. The number of hydrogen-bond donors (Lipinski definition) is 3. The molecule has 2 amide bonds. The maximum atomic E-state index is 12.1. The molecule has 0 aliphatic rings. The Labute approximate surface area is 147 Å². The number of hydrogen-bond acceptors (Lipinski definition) is 6. The van der Waals surface area contributed by atoms with Gasteiger partial charge in [-0.3, -0.25) is 20.4 Å². The molecule has 0 spiro atoms. The number of fused-ring (bicyclic) bond motifs is 1. The number of benzene rings is 2. The average Bonchev–Trinajstić information content (AvgIpc) is 3.19. The van der Waals surface area contributed by atoms with Crippen LogP contribution in [0.3, 0.4) is 0 Å². The van der Waals surface area contributed by atoms with Crippen molar-refractivity contribution in [3.8, 4) is 5.75 Å². The van der Waals surface area contributed by atoms with Crippen LogP contribution in [0.2, 0.25) is 0 Å². The number of aromatic hydroxyl groups is 1. The van der Waals surface area contributed by atoms with E-state index in [0.29, 0.717) is 5.39 Å². The maximum Gasteiger partial charge on any atom is 0.342 e. The molecule has 3 N–H and O–H groups in total. The third kappa shape index (κ3) is 3.64. The SMILES string of the molecule is O=C(COC(=O)c1ccc2ccccc2c1O)NNC(=O)c1ccco1. The van der Waals surface area contributed by atoms with E-state index in [2.05, 4.69) is 10.9 Å². The molecule has 0 bridgehead atoms. The molecule has 1 aromatic heterocycles. The molecule has 1 heterocycles. The fourth-order valence-electron chi connectivity index (χ4n) is 2.26. The number of esters is 1. The minimum atomic E-state index is -0.860. The van der Waals surface area contributed by atoms with Crippen LogP contribution in [0.25, 0.3) is 10.8 Å². The topological polar surface area (TPSA) is 118 Å². The first-order valence-corrected chi connectivity index (χ1v) is 7.57. The van der Waals surface area contributed by atoms with E-state index in [1.807, 2.05) is 0 Å². The third-order valence-electron chi connectivity index (χ3n) is 3.52. The second kappa shape index (κ2) is 7.39. The minimum Gasteiger partial charge on any atom is -0.506 e. The Morgan fingerprint density at radius 2 is 1.81 bits per heavy atom. The van der Waals surface area contributed by atoms with E-state index in [4.69, 9.17) is 9.15 Å². The van der Waals surface area contributed by atoms with Gasteiger partial charge in [0.15, 0.2) is 12.4 Å². The zero-order valence-corrected chi connectivity index (χ0v) is 13.4. The number of amides is 2. The van der Waals surface area contributed by atoms with E-state index in [1.165, 1.54) is 24.5 Å². The molecule has 2 aromatic carbocycles. The van der Waals surface area contributed by atoms with Gasteiger partial charge in [0.2, 0.25) is 0 Å². The normalized spacial score (nSPS) is 10.3. The monoisotopic (exact) mass is 354 g/mol. The van der Waals surface area contributed by atoms with Crippen LogP contribution >= 0.6 is 0 Å². The zero-order valence-electron chi connectivity index (χ0n) is 13.4. The van der Waals surface area contributed by atoms with Gasteiger partial charge in [0, 0.05) is 5.39 Å². The summed E-state index contributed by atoms with van der Waals surface area (Å²) in [5.41, 5.74) is 4.14. The van der Waals surface area contributed by atoms with Crippen molar-refractivity contribution in [2.45, 2.75) is 0 Å². The highest BCUT2D eigenvalue weighted by molar-refractivity contribution is 6.01. The highest BCUT2D eigenvalue weighted by Crippen LogP contribution is 2.28. The Morgan fingerprint density at radius 1 is 1.00 bits per heavy atom. The largest absolute Gasteiger partial charge is 0.506 e. The zero-order chi connectivity index (χ0) is 18.5. The molecule has 8 nitrogen and oxygen atoms in total. The Kier molecular flexibility index (Phi) is 4.84. The third-order valence-corrected chi connectivity index (χ3v) is 3.52. The number of carbonyl (C=O) groups is 3. The molecule has 0 unspecified atom stereocenters. The molecule has 132 valence electrons. The lowest BCUT2D eigenvalue weighted by Crippen LogP contribution is -2.43. The summed E-state index contributed by atoms with van der Waals surface area (Å²) in [5.74, 6) is -2.47. The lowest BCUT2D eigenvalue weighted by Gasteiger charge is -2.09. The fraction of sp³-hybridized carbons (Fsp3) is 0.0556. The van der Waals surface area contributed by atoms with Crippen LogP contribution < -0.4 is 10.9 Å². The van der Waals surface area contributed by atoms with Crippen molar-refractivity contribution in [3.63, 3.8) is 0 Å². The van der Waals surface area contributed by atoms with E-state index in [-0.39, 0.29) is 17.1 Å². The van der Waals surface area contributed by atoms with Gasteiger partial charge >= 0.3 is 11.9 Å². The predicted octanol–water partition coefficient (Wildman–Crippen LogP) is 1.76. The standard InChI is InChI=1S/C18H14N2O6/c21-15(19-20-17(23)14-6-3-9-25-14)10-26-18(24)13-8-7-11-4-1-2-5-12(11)16(13)22/h1-9,22H,10H2,(H,19,21)(H,20,23). The Bertz CT molecular complexity index is 965. The van der Waals surface area contributed by atoms with Crippen molar-refractivity contribution < 1.29 is 28.6 Å². The van der Waals surface area contributed by atoms with Crippen LogP contribution in [0, 0.1) is 0 Å². The van der Waals surface area contributed by atoms with Crippen molar-refractivity contribution in [1.82, 2.24) is 10.9 Å². The number of furan rings is 1. The lowest BCUT2D eigenvalue weighted by atomic mass is 10.1. The molecular formula is C18H14N2O6. The average molecular weight is 354 g/mol. The summed E-state index contributed by atoms with van der Waals surface area (Å²) < 4.78 is 9.71. The van der Waals surface area contributed by atoms with Gasteiger partial charge in [0.1, 0.15) is 11.3 Å². The summed E-state index contributed by atoms with van der Waals surface area (Å²) >= 11 is 0. The van der Waals surface area contributed by atoms with Crippen molar-refractivity contribution in [2.24, 2.45) is 0 Å². The first kappa shape index (κ1) is 17.0. The molecule has 0 fully saturated rings. The second-order valence-corrected chi connectivity index (χ2v) is 5.24. The van der Waals surface area contributed by atoms with Crippen molar-refractivity contribution in [1.29, 1.82) is 0 Å². The molecule has 26 heavy (non-hydrogen) atoms. The Hall–Kier alpha value is -3.81. The summed E-state index contributed by atoms with van der Waals surface area (Å²) in [7, 11) is 0. The number of phenolic OH excluding ortho intramolecular Hbond substituents is 1. The molecule has 0 saturated carbocycles. The molecule has 3 rings (SSSR count). The van der Waals surface area contributed by atoms with E-state index in [0.717, 1.165) is 5.39 Å². The Morgan fingerprint density at radius 3 is 2.58 bits per heavy atom. The van der Waals surface area contributed by atoms with E-state index in [1.54, 1.807) is 30.3 Å². The van der Waals surface area contributed by atoms with Gasteiger partial charge in [-0.1, -0.05) is 30.3 Å². The highest BCUT2D eigenvalue weighted by atomic mass is 16.5. The summed E-state index contributed by atoms with van der Waals surface area (Å²) in [4.78, 5) is 35.3. The predicted molar refractivity (Wildman–Crippen MR) is 90.2 cm³/mol. The molecule has 0 aliphatic carbocycles. The number of carbonyl (C=O) groups excluding carboxylic acids is 3. The quantitative estimate of drug-likeness (QED) is 0.485. The van der Waals surface area contributed by atoms with Gasteiger partial charge in [-0.2, -0.15) is 0 Å². The van der Waals surface area contributed by atoms with Gasteiger partial charge in [-0.05, 0) is 23.6 Å². The van der Waals surface area contributed by atoms with Crippen molar-refractivity contribution in [2.75, 3.05) is 6.61 Å². The number of nitrogens with one attached hydrogen (secondary N) is 2. The van der Waals surface area contributed by atoms with Gasteiger partial charge in [-0.25, -0.2) is 4.79 Å². The van der Waals surface area contributed by atoms with Gasteiger partial charge < -0.3 is 14.3 Å². The van der Waals surface area contributed by atoms with Gasteiger partial charge in [-0.15, -0.1) is 0 Å². The summed E-state index contributed by atoms with van der Waals surface area (Å²) in [6, 6.07) is 13.0. The van der Waals surface area contributed by atoms with Crippen LogP contribution in [-0.4, -0.2) is 29.5 Å². The number of hydrazine groups is 1. The number of phenols is 1. The maximum absolute atomic E-state index is 12.1. The second-order valence-electron chi connectivity index (χ2n) is 5.24. The Balaban J connectivity index is 1.56.